The molecule has 2 fully saturated rings. The van der Waals surface area contributed by atoms with Crippen molar-refractivity contribution < 1.29 is 13.2 Å². The van der Waals surface area contributed by atoms with Gasteiger partial charge >= 0.3 is 6.03 Å². The van der Waals surface area contributed by atoms with Crippen molar-refractivity contribution in [3.63, 3.8) is 0 Å². The summed E-state index contributed by atoms with van der Waals surface area (Å²) in [6, 6.07) is 14.4. The maximum atomic E-state index is 13.2. The maximum Gasteiger partial charge on any atom is 0.329 e. The van der Waals surface area contributed by atoms with Crippen LogP contribution in [0.1, 0.15) is 11.1 Å². The number of aryl methyl sites for hydroxylation is 2. The minimum absolute atomic E-state index is 0.0136. The molecule has 2 aliphatic heterocycles. The van der Waals surface area contributed by atoms with Gasteiger partial charge in [0, 0.05) is 11.4 Å². The zero-order valence-electron chi connectivity index (χ0n) is 14.2. The van der Waals surface area contributed by atoms with Crippen LogP contribution in [0.4, 0.5) is 16.2 Å². The number of carbonyl (C=O) groups is 1. The fraction of sp³-hybridized carbons (Fsp3) is 0.316. The Kier molecular flexibility index (Phi) is 3.61. The predicted octanol–water partition coefficient (Wildman–Crippen LogP) is 2.92. The van der Waals surface area contributed by atoms with Crippen LogP contribution in [-0.4, -0.2) is 38.0 Å². The molecule has 2 aromatic carbocycles. The van der Waals surface area contributed by atoms with Gasteiger partial charge in [0.25, 0.3) is 0 Å². The van der Waals surface area contributed by atoms with Gasteiger partial charge in [0.1, 0.15) is 0 Å². The summed E-state index contributed by atoms with van der Waals surface area (Å²) >= 11 is 0. The van der Waals surface area contributed by atoms with Gasteiger partial charge in [0.05, 0.1) is 23.6 Å². The van der Waals surface area contributed by atoms with Crippen LogP contribution in [0.3, 0.4) is 0 Å². The van der Waals surface area contributed by atoms with Crippen LogP contribution in [0.15, 0.2) is 48.5 Å². The predicted molar refractivity (Wildman–Crippen MR) is 98.9 cm³/mol. The van der Waals surface area contributed by atoms with Gasteiger partial charge in [0.2, 0.25) is 0 Å². The number of sulfone groups is 1. The van der Waals surface area contributed by atoms with Crippen LogP contribution >= 0.6 is 0 Å². The van der Waals surface area contributed by atoms with Crippen molar-refractivity contribution >= 4 is 27.2 Å². The number of anilines is 2. The lowest BCUT2D eigenvalue weighted by molar-refractivity contribution is 0.255. The van der Waals surface area contributed by atoms with Gasteiger partial charge < -0.3 is 0 Å². The third-order valence-corrected chi connectivity index (χ3v) is 6.71. The van der Waals surface area contributed by atoms with E-state index in [1.54, 1.807) is 9.80 Å². The minimum Gasteiger partial charge on any atom is -0.288 e. The van der Waals surface area contributed by atoms with E-state index in [4.69, 9.17) is 0 Å². The lowest BCUT2D eigenvalue weighted by Crippen LogP contribution is -2.38. The first-order valence-electron chi connectivity index (χ1n) is 8.32. The van der Waals surface area contributed by atoms with Gasteiger partial charge in [0.15, 0.2) is 9.84 Å². The molecule has 130 valence electrons. The SMILES string of the molecule is Cc1ccc(N2C(=O)N(c3ccccc3)[C@H]3CS(=O)(=O)C[C@H]32)c(C)c1. The third-order valence-electron chi connectivity index (χ3n) is 5.02. The summed E-state index contributed by atoms with van der Waals surface area (Å²) in [5.74, 6) is 0.0275. The molecular formula is C19H20N2O3S. The summed E-state index contributed by atoms with van der Waals surface area (Å²) in [7, 11) is -3.17. The van der Waals surface area contributed by atoms with E-state index in [-0.39, 0.29) is 29.6 Å². The lowest BCUT2D eigenvalue weighted by atomic mass is 10.1. The van der Waals surface area contributed by atoms with Crippen molar-refractivity contribution in [3.05, 3.63) is 59.7 Å². The Morgan fingerprint density at radius 1 is 0.920 bits per heavy atom. The highest BCUT2D eigenvalue weighted by atomic mass is 32.2. The van der Waals surface area contributed by atoms with Crippen LogP contribution in [0.25, 0.3) is 0 Å². The Labute approximate surface area is 147 Å². The molecule has 0 bridgehead atoms. The van der Waals surface area contributed by atoms with Crippen molar-refractivity contribution in [2.24, 2.45) is 0 Å². The zero-order valence-corrected chi connectivity index (χ0v) is 15.0. The Morgan fingerprint density at radius 2 is 1.56 bits per heavy atom. The number of fused-ring (bicyclic) bond motifs is 1. The second kappa shape index (κ2) is 5.59. The Morgan fingerprint density at radius 3 is 2.20 bits per heavy atom. The Bertz CT molecular complexity index is 940. The first-order valence-corrected chi connectivity index (χ1v) is 10.1. The molecule has 0 saturated carbocycles. The molecule has 2 amide bonds. The van der Waals surface area contributed by atoms with E-state index in [0.717, 1.165) is 22.5 Å². The van der Waals surface area contributed by atoms with Crippen molar-refractivity contribution in [2.75, 3.05) is 21.3 Å². The Hall–Kier alpha value is -2.34. The van der Waals surface area contributed by atoms with E-state index >= 15 is 0 Å². The molecule has 0 unspecified atom stereocenters. The summed E-state index contributed by atoms with van der Waals surface area (Å²) < 4.78 is 24.6. The number of rotatable bonds is 2. The average Bonchev–Trinajstić information content (AvgIpc) is 2.98. The maximum absolute atomic E-state index is 13.2. The largest absolute Gasteiger partial charge is 0.329 e. The van der Waals surface area contributed by atoms with E-state index < -0.39 is 9.84 Å². The standard InChI is InChI=1S/C19H20N2O3S/c1-13-8-9-16(14(2)10-13)21-18-12-25(23,24)11-17(18)20(19(21)22)15-6-4-3-5-7-15/h3-10,17-18H,11-12H2,1-2H3/t17-,18+/m0/s1. The van der Waals surface area contributed by atoms with Crippen molar-refractivity contribution in [2.45, 2.75) is 25.9 Å². The highest BCUT2D eigenvalue weighted by Crippen LogP contribution is 2.38. The normalized spacial score (nSPS) is 24.6. The fourth-order valence-corrected chi connectivity index (χ4v) is 5.87. The summed E-state index contributed by atoms with van der Waals surface area (Å²) in [5.41, 5.74) is 3.63. The van der Waals surface area contributed by atoms with Gasteiger partial charge in [-0.05, 0) is 37.6 Å². The first kappa shape index (κ1) is 16.1. The molecule has 0 N–H and O–H groups in total. The molecule has 6 heteroatoms. The van der Waals surface area contributed by atoms with Crippen molar-refractivity contribution in [1.82, 2.24) is 0 Å². The second-order valence-electron chi connectivity index (χ2n) is 6.86. The monoisotopic (exact) mass is 356 g/mol. The quantitative estimate of drug-likeness (QED) is 0.778. The number of amides is 2. The fourth-order valence-electron chi connectivity index (χ4n) is 3.95. The first-order chi connectivity index (χ1) is 11.9. The van der Waals surface area contributed by atoms with Gasteiger partial charge in [-0.25, -0.2) is 13.2 Å². The van der Waals surface area contributed by atoms with Crippen LogP contribution in [0, 0.1) is 13.8 Å². The van der Waals surface area contributed by atoms with Crippen LogP contribution in [-0.2, 0) is 9.84 Å². The second-order valence-corrected chi connectivity index (χ2v) is 9.01. The smallest absolute Gasteiger partial charge is 0.288 e. The molecule has 2 aliphatic rings. The van der Waals surface area contributed by atoms with Crippen molar-refractivity contribution in [3.8, 4) is 0 Å². The van der Waals surface area contributed by atoms with E-state index in [1.165, 1.54) is 0 Å². The Balaban J connectivity index is 1.83. The molecule has 2 aromatic rings. The summed E-state index contributed by atoms with van der Waals surface area (Å²) in [4.78, 5) is 16.6. The van der Waals surface area contributed by atoms with Crippen LogP contribution < -0.4 is 9.80 Å². The van der Waals surface area contributed by atoms with Crippen LogP contribution in [0.2, 0.25) is 0 Å². The molecule has 0 aliphatic carbocycles. The number of urea groups is 1. The molecule has 0 spiro atoms. The molecule has 0 aromatic heterocycles. The average molecular weight is 356 g/mol. The molecule has 5 nitrogen and oxygen atoms in total. The number of carbonyl (C=O) groups excluding carboxylic acids is 1. The lowest BCUT2D eigenvalue weighted by Gasteiger charge is -2.24. The number of hydrogen-bond acceptors (Lipinski definition) is 3. The van der Waals surface area contributed by atoms with E-state index in [1.807, 2.05) is 62.4 Å². The molecular weight excluding hydrogens is 336 g/mol. The zero-order chi connectivity index (χ0) is 17.8. The molecule has 4 rings (SSSR count). The molecule has 2 atom stereocenters. The highest BCUT2D eigenvalue weighted by Gasteiger charge is 2.54. The summed E-state index contributed by atoms with van der Waals surface area (Å²) in [6.45, 7) is 3.96. The molecule has 2 saturated heterocycles. The number of hydrogen-bond donors (Lipinski definition) is 0. The molecule has 0 radical (unpaired) electrons. The van der Waals surface area contributed by atoms with E-state index in [2.05, 4.69) is 0 Å². The molecule has 2 heterocycles. The van der Waals surface area contributed by atoms with Gasteiger partial charge in [-0.15, -0.1) is 0 Å². The van der Waals surface area contributed by atoms with Crippen molar-refractivity contribution in [1.29, 1.82) is 0 Å². The summed E-state index contributed by atoms with van der Waals surface area (Å²) in [6.07, 6.45) is 0. The number of para-hydroxylation sites is 1. The summed E-state index contributed by atoms with van der Waals surface area (Å²) in [5, 5.41) is 0. The van der Waals surface area contributed by atoms with Gasteiger partial charge in [-0.1, -0.05) is 35.9 Å². The molecule has 25 heavy (non-hydrogen) atoms. The van der Waals surface area contributed by atoms with Gasteiger partial charge in [-0.3, -0.25) is 9.80 Å². The highest BCUT2D eigenvalue weighted by molar-refractivity contribution is 7.91. The number of nitrogens with zero attached hydrogens (tertiary/aromatic N) is 2. The van der Waals surface area contributed by atoms with Crippen LogP contribution in [0.5, 0.6) is 0 Å². The van der Waals surface area contributed by atoms with Gasteiger partial charge in [-0.2, -0.15) is 0 Å². The minimum atomic E-state index is -3.17. The topological polar surface area (TPSA) is 57.7 Å². The van der Waals surface area contributed by atoms with E-state index in [0.29, 0.717) is 0 Å². The van der Waals surface area contributed by atoms with E-state index in [9.17, 15) is 13.2 Å². The third kappa shape index (κ3) is 2.61. The number of benzene rings is 2.